The summed E-state index contributed by atoms with van der Waals surface area (Å²) in [6, 6.07) is 3.78. The van der Waals surface area contributed by atoms with Gasteiger partial charge in [-0.15, -0.1) is 22.7 Å². The predicted molar refractivity (Wildman–Crippen MR) is 71.8 cm³/mol. The number of ether oxygens (including phenoxy) is 2. The van der Waals surface area contributed by atoms with Crippen LogP contribution >= 0.6 is 22.7 Å². The third-order valence-corrected chi connectivity index (χ3v) is 4.94. The van der Waals surface area contributed by atoms with E-state index in [9.17, 15) is 20.1 Å². The highest BCUT2D eigenvalue weighted by atomic mass is 32.2. The Hall–Kier alpha value is -2.42. The number of hydrogen-bond donors (Lipinski definition) is 0. The second kappa shape index (κ2) is 5.29. The van der Waals surface area contributed by atoms with Crippen LogP contribution in [0.4, 0.5) is 0 Å². The smallest absolute Gasteiger partial charge is 0.349 e. The Balaban J connectivity index is 2.82. The SMILES string of the molecule is COC(=O)c1sc2sc(C(=O)OC)c(C#N)c2c1C#N. The van der Waals surface area contributed by atoms with E-state index >= 15 is 0 Å². The Bertz CT molecular complexity index is 741. The molecule has 0 saturated carbocycles. The molecule has 0 aliphatic heterocycles. The normalized spacial score (nSPS) is 9.80. The van der Waals surface area contributed by atoms with Gasteiger partial charge in [-0.1, -0.05) is 0 Å². The molecule has 0 atom stereocenters. The molecular formula is C12H6N2O4S2. The first-order chi connectivity index (χ1) is 9.58. The van der Waals surface area contributed by atoms with Gasteiger partial charge in [-0.2, -0.15) is 10.5 Å². The Labute approximate surface area is 121 Å². The average molecular weight is 306 g/mol. The lowest BCUT2D eigenvalue weighted by Crippen LogP contribution is -2.02. The Morgan fingerprint density at radius 2 is 1.35 bits per heavy atom. The fourth-order valence-electron chi connectivity index (χ4n) is 1.65. The number of esters is 2. The molecule has 2 aromatic rings. The van der Waals surface area contributed by atoms with Crippen molar-refractivity contribution in [2.45, 2.75) is 0 Å². The van der Waals surface area contributed by atoms with Crippen LogP contribution in [0.25, 0.3) is 9.40 Å². The van der Waals surface area contributed by atoms with Crippen LogP contribution in [0.1, 0.15) is 30.5 Å². The second-order valence-corrected chi connectivity index (χ2v) is 5.78. The third kappa shape index (κ3) is 1.92. The average Bonchev–Trinajstić information content (AvgIpc) is 3.00. The largest absolute Gasteiger partial charge is 0.465 e. The summed E-state index contributed by atoms with van der Waals surface area (Å²) in [6.45, 7) is 0. The molecule has 0 saturated heterocycles. The quantitative estimate of drug-likeness (QED) is 0.789. The van der Waals surface area contributed by atoms with Crippen LogP contribution in [0.15, 0.2) is 0 Å². The zero-order chi connectivity index (χ0) is 14.9. The molecule has 2 aromatic heterocycles. The summed E-state index contributed by atoms with van der Waals surface area (Å²) in [7, 11) is 2.42. The monoisotopic (exact) mass is 306 g/mol. The van der Waals surface area contributed by atoms with E-state index < -0.39 is 11.9 Å². The molecule has 0 bridgehead atoms. The fraction of sp³-hybridized carbons (Fsp3) is 0.167. The number of fused-ring (bicyclic) bond motifs is 1. The number of nitrogens with zero attached hydrogens (tertiary/aromatic N) is 2. The Morgan fingerprint density at radius 1 is 0.950 bits per heavy atom. The molecule has 0 N–H and O–H groups in total. The van der Waals surface area contributed by atoms with E-state index in [0.29, 0.717) is 9.40 Å². The molecule has 8 heteroatoms. The zero-order valence-corrected chi connectivity index (χ0v) is 12.0. The number of hydrogen-bond acceptors (Lipinski definition) is 8. The van der Waals surface area contributed by atoms with Gasteiger partial charge in [0.1, 0.15) is 21.9 Å². The molecule has 0 fully saturated rings. The molecule has 2 heterocycles. The van der Waals surface area contributed by atoms with Crippen molar-refractivity contribution in [1.29, 1.82) is 10.5 Å². The van der Waals surface area contributed by atoms with Crippen LogP contribution in [0.2, 0.25) is 0 Å². The number of carbonyl (C=O) groups excluding carboxylic acids is 2. The minimum absolute atomic E-state index is 0.0554. The lowest BCUT2D eigenvalue weighted by Gasteiger charge is -1.97. The van der Waals surface area contributed by atoms with Crippen molar-refractivity contribution in [2.24, 2.45) is 0 Å². The number of rotatable bonds is 2. The van der Waals surface area contributed by atoms with Gasteiger partial charge in [0.15, 0.2) is 0 Å². The van der Waals surface area contributed by atoms with Crippen molar-refractivity contribution < 1.29 is 19.1 Å². The maximum absolute atomic E-state index is 11.6. The predicted octanol–water partition coefficient (Wildman–Crippen LogP) is 2.28. The van der Waals surface area contributed by atoms with E-state index in [1.807, 2.05) is 12.1 Å². The van der Waals surface area contributed by atoms with E-state index in [1.165, 1.54) is 14.2 Å². The summed E-state index contributed by atoms with van der Waals surface area (Å²) in [4.78, 5) is 23.5. The van der Waals surface area contributed by atoms with Gasteiger partial charge in [-0.3, -0.25) is 0 Å². The maximum atomic E-state index is 11.6. The first kappa shape index (κ1) is 14.0. The molecule has 100 valence electrons. The van der Waals surface area contributed by atoms with Gasteiger partial charge in [0.05, 0.1) is 29.4 Å². The molecule has 0 aromatic carbocycles. The van der Waals surface area contributed by atoms with E-state index in [2.05, 4.69) is 9.47 Å². The first-order valence-corrected chi connectivity index (χ1v) is 6.78. The maximum Gasteiger partial charge on any atom is 0.349 e. The number of thiophene rings is 2. The molecule has 0 amide bonds. The van der Waals surface area contributed by atoms with Gasteiger partial charge >= 0.3 is 11.9 Å². The summed E-state index contributed by atoms with van der Waals surface area (Å²) in [5.41, 5.74) is 0.111. The van der Waals surface area contributed by atoms with Crippen molar-refractivity contribution >= 4 is 44.0 Å². The molecule has 0 unspecified atom stereocenters. The molecule has 0 aliphatic carbocycles. The standard InChI is InChI=1S/C12H6N2O4S2/c1-17-10(15)8-5(3-13)7-6(4-14)9(11(16)18-2)20-12(7)19-8/h1-2H3. The summed E-state index contributed by atoms with van der Waals surface area (Å²) < 4.78 is 9.74. The van der Waals surface area contributed by atoms with Gasteiger partial charge in [0.2, 0.25) is 0 Å². The molecule has 0 spiro atoms. The van der Waals surface area contributed by atoms with Crippen molar-refractivity contribution in [3.8, 4) is 12.1 Å². The van der Waals surface area contributed by atoms with E-state index in [0.717, 1.165) is 22.7 Å². The molecular weight excluding hydrogens is 300 g/mol. The zero-order valence-electron chi connectivity index (χ0n) is 10.3. The first-order valence-electron chi connectivity index (χ1n) is 5.15. The lowest BCUT2D eigenvalue weighted by molar-refractivity contribution is 0.0597. The van der Waals surface area contributed by atoms with Crippen molar-refractivity contribution in [1.82, 2.24) is 0 Å². The Kier molecular flexibility index (Phi) is 3.70. The number of methoxy groups -OCH3 is 2. The van der Waals surface area contributed by atoms with Gasteiger partial charge in [0.25, 0.3) is 0 Å². The molecule has 20 heavy (non-hydrogen) atoms. The molecule has 0 aliphatic rings. The van der Waals surface area contributed by atoms with E-state index in [1.54, 1.807) is 0 Å². The summed E-state index contributed by atoms with van der Waals surface area (Å²) in [5, 5.41) is 18.7. The minimum Gasteiger partial charge on any atom is -0.465 e. The third-order valence-electron chi connectivity index (χ3n) is 2.51. The molecule has 2 rings (SSSR count). The fourth-order valence-corrected chi connectivity index (χ4v) is 4.14. The number of carbonyl (C=O) groups is 2. The highest BCUT2D eigenvalue weighted by Gasteiger charge is 2.27. The highest BCUT2D eigenvalue weighted by Crippen LogP contribution is 2.41. The summed E-state index contributed by atoms with van der Waals surface area (Å²) >= 11 is 2.04. The van der Waals surface area contributed by atoms with Gasteiger partial charge in [-0.05, 0) is 0 Å². The van der Waals surface area contributed by atoms with Gasteiger partial charge in [0, 0.05) is 5.39 Å². The van der Waals surface area contributed by atoms with Gasteiger partial charge < -0.3 is 9.47 Å². The van der Waals surface area contributed by atoms with Crippen LogP contribution in [0.3, 0.4) is 0 Å². The minimum atomic E-state index is -0.640. The second-order valence-electron chi connectivity index (χ2n) is 3.48. The lowest BCUT2D eigenvalue weighted by atomic mass is 10.1. The topological polar surface area (TPSA) is 100 Å². The Morgan fingerprint density at radius 3 is 1.65 bits per heavy atom. The molecule has 6 nitrogen and oxygen atoms in total. The van der Waals surface area contributed by atoms with Crippen LogP contribution in [-0.4, -0.2) is 26.2 Å². The van der Waals surface area contributed by atoms with Crippen LogP contribution in [-0.2, 0) is 9.47 Å². The van der Waals surface area contributed by atoms with Crippen molar-refractivity contribution in [2.75, 3.05) is 14.2 Å². The number of nitriles is 2. The van der Waals surface area contributed by atoms with Crippen molar-refractivity contribution in [3.63, 3.8) is 0 Å². The summed E-state index contributed by atoms with van der Waals surface area (Å²) in [5.74, 6) is -1.28. The van der Waals surface area contributed by atoms with E-state index in [4.69, 9.17) is 0 Å². The van der Waals surface area contributed by atoms with Crippen LogP contribution < -0.4 is 0 Å². The van der Waals surface area contributed by atoms with Crippen LogP contribution in [0.5, 0.6) is 0 Å². The highest BCUT2D eigenvalue weighted by molar-refractivity contribution is 7.40. The summed E-state index contributed by atoms with van der Waals surface area (Å²) in [6.07, 6.45) is 0. The van der Waals surface area contributed by atoms with Crippen LogP contribution in [0, 0.1) is 22.7 Å². The van der Waals surface area contributed by atoms with E-state index in [-0.39, 0.29) is 20.9 Å². The molecule has 0 radical (unpaired) electrons. The van der Waals surface area contributed by atoms with Gasteiger partial charge in [-0.25, -0.2) is 9.59 Å². The van der Waals surface area contributed by atoms with Crippen molar-refractivity contribution in [3.05, 3.63) is 20.9 Å².